The molecular formula is C13H10N4O6S. The number of allylic oxidation sites excluding steroid dienone is 4. The molecule has 10 nitrogen and oxygen atoms in total. The number of aliphatic imine (C=N–C) groups is 1. The largest absolute Gasteiger partial charge is 0.301 e. The van der Waals surface area contributed by atoms with Gasteiger partial charge in [-0.25, -0.2) is 13.4 Å². The van der Waals surface area contributed by atoms with Crippen molar-refractivity contribution >= 4 is 38.5 Å². The summed E-state index contributed by atoms with van der Waals surface area (Å²) in [5.41, 5.74) is -0.482. The van der Waals surface area contributed by atoms with Crippen molar-refractivity contribution in [1.82, 2.24) is 0 Å². The molecule has 0 radical (unpaired) electrons. The van der Waals surface area contributed by atoms with E-state index < -0.39 is 31.2 Å². The number of nitro benzene ring substituents is 2. The van der Waals surface area contributed by atoms with Gasteiger partial charge in [-0.2, -0.15) is 4.40 Å². The summed E-state index contributed by atoms with van der Waals surface area (Å²) in [4.78, 5) is 24.3. The van der Waals surface area contributed by atoms with Gasteiger partial charge in [0.05, 0.1) is 33.6 Å². The summed E-state index contributed by atoms with van der Waals surface area (Å²) >= 11 is 0. The normalized spacial score (nSPS) is 13.7. The van der Waals surface area contributed by atoms with Crippen LogP contribution in [0, 0.1) is 20.2 Å². The summed E-state index contributed by atoms with van der Waals surface area (Å²) < 4.78 is 25.6. The Hall–Kier alpha value is -3.21. The minimum Gasteiger partial charge on any atom is -0.258 e. The van der Waals surface area contributed by atoms with Crippen molar-refractivity contribution in [2.24, 2.45) is 9.39 Å². The number of hydrogen-bond acceptors (Lipinski definition) is 7. The van der Waals surface area contributed by atoms with Gasteiger partial charge in [-0.15, -0.1) is 0 Å². The van der Waals surface area contributed by atoms with Crippen LogP contribution in [0.1, 0.15) is 0 Å². The van der Waals surface area contributed by atoms with Gasteiger partial charge >= 0.3 is 5.69 Å². The van der Waals surface area contributed by atoms with E-state index in [-0.39, 0.29) is 11.4 Å². The maximum absolute atomic E-state index is 11.1. The van der Waals surface area contributed by atoms with Gasteiger partial charge in [0.25, 0.3) is 15.7 Å². The summed E-state index contributed by atoms with van der Waals surface area (Å²) in [6.07, 6.45) is 6.57. The first-order valence-electron chi connectivity index (χ1n) is 6.33. The number of nitrogens with zero attached hydrogens (tertiary/aromatic N) is 4. The third-order valence-corrected chi connectivity index (χ3v) is 3.28. The summed E-state index contributed by atoms with van der Waals surface area (Å²) in [6, 6.07) is 3.11. The number of benzene rings is 1. The van der Waals surface area contributed by atoms with Crippen molar-refractivity contribution in [2.75, 3.05) is 6.26 Å². The van der Waals surface area contributed by atoms with Crippen molar-refractivity contribution in [3.8, 4) is 0 Å². The Morgan fingerprint density at radius 3 is 2.04 bits per heavy atom. The zero-order valence-electron chi connectivity index (χ0n) is 12.2. The Labute approximate surface area is 135 Å². The van der Waals surface area contributed by atoms with Crippen LogP contribution in [0.4, 0.5) is 17.1 Å². The third kappa shape index (κ3) is 4.39. The topological polar surface area (TPSA) is 145 Å². The van der Waals surface area contributed by atoms with Crippen LogP contribution in [0.15, 0.2) is 51.9 Å². The monoisotopic (exact) mass is 350 g/mol. The molecule has 124 valence electrons. The van der Waals surface area contributed by atoms with Crippen molar-refractivity contribution in [3.05, 3.63) is 62.7 Å². The smallest absolute Gasteiger partial charge is 0.258 e. The van der Waals surface area contributed by atoms with Gasteiger partial charge in [0.2, 0.25) is 0 Å². The van der Waals surface area contributed by atoms with E-state index in [1.165, 1.54) is 30.4 Å². The first kappa shape index (κ1) is 17.1. The molecule has 2 rings (SSSR count). The Morgan fingerprint density at radius 2 is 1.54 bits per heavy atom. The lowest BCUT2D eigenvalue weighted by atomic mass is 10.1. The van der Waals surface area contributed by atoms with E-state index in [1.54, 1.807) is 0 Å². The minimum atomic E-state index is -3.54. The molecule has 0 amide bonds. The Morgan fingerprint density at radius 1 is 0.958 bits per heavy atom. The number of rotatable bonds is 4. The lowest BCUT2D eigenvalue weighted by molar-refractivity contribution is -0.393. The fourth-order valence-electron chi connectivity index (χ4n) is 1.78. The Bertz CT molecular complexity index is 925. The first-order chi connectivity index (χ1) is 11.2. The first-order valence-corrected chi connectivity index (χ1v) is 8.18. The number of nitro groups is 2. The molecule has 0 fully saturated rings. The second-order valence-corrected chi connectivity index (χ2v) is 6.29. The SMILES string of the molecule is CS(=O)(=O)N=C1C=CC(=Nc2ccc([N+](=O)[O-])cc2[N+](=O)[O-])C=C1. The molecule has 0 aliphatic heterocycles. The predicted octanol–water partition coefficient (Wildman–Crippen LogP) is 2.10. The molecule has 0 bridgehead atoms. The molecule has 0 spiro atoms. The van der Waals surface area contributed by atoms with E-state index in [1.807, 2.05) is 0 Å². The average molecular weight is 350 g/mol. The van der Waals surface area contributed by atoms with Crippen LogP contribution in [-0.4, -0.2) is 35.9 Å². The fraction of sp³-hybridized carbons (Fsp3) is 0.0769. The van der Waals surface area contributed by atoms with E-state index in [4.69, 9.17) is 0 Å². The van der Waals surface area contributed by atoms with Gasteiger partial charge < -0.3 is 0 Å². The second kappa shape index (κ2) is 6.50. The van der Waals surface area contributed by atoms with E-state index in [0.29, 0.717) is 5.71 Å². The minimum absolute atomic E-state index is 0.0570. The van der Waals surface area contributed by atoms with Crippen LogP contribution in [0.3, 0.4) is 0 Å². The average Bonchev–Trinajstić information content (AvgIpc) is 2.47. The molecule has 0 aromatic heterocycles. The fourth-order valence-corrected chi connectivity index (χ4v) is 2.29. The molecule has 1 aliphatic rings. The van der Waals surface area contributed by atoms with E-state index in [9.17, 15) is 28.6 Å². The van der Waals surface area contributed by atoms with Crippen molar-refractivity contribution in [2.45, 2.75) is 0 Å². The molecule has 0 saturated heterocycles. The molecule has 24 heavy (non-hydrogen) atoms. The van der Waals surface area contributed by atoms with Crippen molar-refractivity contribution < 1.29 is 18.3 Å². The predicted molar refractivity (Wildman–Crippen MR) is 87.4 cm³/mol. The molecule has 0 saturated carbocycles. The molecule has 0 heterocycles. The van der Waals surface area contributed by atoms with E-state index in [0.717, 1.165) is 18.4 Å². The van der Waals surface area contributed by atoms with Crippen LogP contribution >= 0.6 is 0 Å². The van der Waals surface area contributed by atoms with Crippen LogP contribution in [0.5, 0.6) is 0 Å². The van der Waals surface area contributed by atoms with Gasteiger partial charge in [-0.3, -0.25) is 20.2 Å². The Balaban J connectivity index is 2.38. The molecule has 11 heteroatoms. The third-order valence-electron chi connectivity index (χ3n) is 2.74. The van der Waals surface area contributed by atoms with Crippen LogP contribution < -0.4 is 0 Å². The zero-order valence-corrected chi connectivity index (χ0v) is 13.0. The number of hydrogen-bond donors (Lipinski definition) is 0. The lowest BCUT2D eigenvalue weighted by Gasteiger charge is -2.03. The molecule has 1 aliphatic carbocycles. The highest BCUT2D eigenvalue weighted by Gasteiger charge is 2.19. The summed E-state index contributed by atoms with van der Waals surface area (Å²) in [5, 5.41) is 21.7. The highest BCUT2D eigenvalue weighted by Crippen LogP contribution is 2.31. The van der Waals surface area contributed by atoms with Gasteiger partial charge in [-0.1, -0.05) is 0 Å². The van der Waals surface area contributed by atoms with Gasteiger partial charge in [0.1, 0.15) is 5.69 Å². The quantitative estimate of drug-likeness (QED) is 0.462. The van der Waals surface area contributed by atoms with Crippen molar-refractivity contribution in [1.29, 1.82) is 0 Å². The van der Waals surface area contributed by atoms with E-state index in [2.05, 4.69) is 9.39 Å². The summed E-state index contributed by atoms with van der Waals surface area (Å²) in [6.45, 7) is 0. The molecule has 1 aromatic rings. The Kier molecular flexibility index (Phi) is 4.64. The van der Waals surface area contributed by atoms with E-state index >= 15 is 0 Å². The molecule has 0 atom stereocenters. The lowest BCUT2D eigenvalue weighted by Crippen LogP contribution is -2.03. The number of sulfonamides is 1. The highest BCUT2D eigenvalue weighted by molar-refractivity contribution is 7.89. The maximum Gasteiger partial charge on any atom is 0.301 e. The molecular weight excluding hydrogens is 340 g/mol. The molecule has 0 N–H and O–H groups in total. The number of non-ortho nitro benzene ring substituents is 1. The zero-order chi connectivity index (χ0) is 17.9. The van der Waals surface area contributed by atoms with Gasteiger partial charge in [0.15, 0.2) is 0 Å². The van der Waals surface area contributed by atoms with Gasteiger partial charge in [-0.05, 0) is 30.4 Å². The standard InChI is InChI=1S/C13H10N4O6S/c1-24(22,23)15-10-4-2-9(3-5-10)14-12-7-6-11(16(18)19)8-13(12)17(20)21/h2-8H,1H3. The highest BCUT2D eigenvalue weighted by atomic mass is 32.2. The summed E-state index contributed by atoms with van der Waals surface area (Å²) in [7, 11) is -3.54. The van der Waals surface area contributed by atoms with Crippen LogP contribution in [0.2, 0.25) is 0 Å². The molecule has 1 aromatic carbocycles. The van der Waals surface area contributed by atoms with Crippen LogP contribution in [0.25, 0.3) is 0 Å². The van der Waals surface area contributed by atoms with Crippen molar-refractivity contribution in [3.63, 3.8) is 0 Å². The maximum atomic E-state index is 11.1. The second-order valence-electron chi connectivity index (χ2n) is 4.64. The summed E-state index contributed by atoms with van der Waals surface area (Å²) in [5.74, 6) is 0. The molecule has 0 unspecified atom stereocenters. The van der Waals surface area contributed by atoms with Crippen LogP contribution in [-0.2, 0) is 10.0 Å². The van der Waals surface area contributed by atoms with Gasteiger partial charge in [0, 0.05) is 6.07 Å².